The van der Waals surface area contributed by atoms with E-state index in [2.05, 4.69) is 19.2 Å². The van der Waals surface area contributed by atoms with Crippen LogP contribution >= 0.6 is 0 Å². The first-order chi connectivity index (χ1) is 9.22. The second kappa shape index (κ2) is 5.26. The number of carboxylic acids is 1. The van der Waals surface area contributed by atoms with Crippen LogP contribution in [0.1, 0.15) is 52.9 Å². The molecule has 2 N–H and O–H groups in total. The van der Waals surface area contributed by atoms with Crippen LogP contribution < -0.4 is 5.32 Å². The van der Waals surface area contributed by atoms with Crippen LogP contribution in [-0.4, -0.2) is 41.1 Å². The maximum Gasteiger partial charge on any atom is 0.317 e. The van der Waals surface area contributed by atoms with Gasteiger partial charge in [0.05, 0.1) is 5.41 Å². The molecular formula is C15H26N2O3. The third-order valence-electron chi connectivity index (χ3n) is 4.81. The van der Waals surface area contributed by atoms with Crippen LogP contribution in [0.4, 0.5) is 4.79 Å². The van der Waals surface area contributed by atoms with Crippen molar-refractivity contribution in [3.63, 3.8) is 0 Å². The summed E-state index contributed by atoms with van der Waals surface area (Å²) < 4.78 is 0. The Hall–Kier alpha value is -1.26. The second-order valence-corrected chi connectivity index (χ2v) is 7.44. The van der Waals surface area contributed by atoms with Gasteiger partial charge in [0.1, 0.15) is 0 Å². The zero-order valence-electron chi connectivity index (χ0n) is 12.7. The molecule has 0 aromatic carbocycles. The lowest BCUT2D eigenvalue weighted by Crippen LogP contribution is -2.47. The van der Waals surface area contributed by atoms with Gasteiger partial charge in [-0.3, -0.25) is 4.79 Å². The lowest BCUT2D eigenvalue weighted by atomic mass is 9.75. The monoisotopic (exact) mass is 282 g/mol. The molecule has 2 aliphatic rings. The first-order valence-electron chi connectivity index (χ1n) is 7.51. The highest BCUT2D eigenvalue weighted by atomic mass is 16.4. The molecule has 2 fully saturated rings. The lowest BCUT2D eigenvalue weighted by molar-refractivity contribution is -0.146. The van der Waals surface area contributed by atoms with Gasteiger partial charge < -0.3 is 15.3 Å². The average molecular weight is 282 g/mol. The first kappa shape index (κ1) is 15.1. The summed E-state index contributed by atoms with van der Waals surface area (Å²) in [4.78, 5) is 25.1. The van der Waals surface area contributed by atoms with Crippen LogP contribution in [0.3, 0.4) is 0 Å². The third-order valence-corrected chi connectivity index (χ3v) is 4.81. The molecule has 114 valence electrons. The highest BCUT2D eigenvalue weighted by Crippen LogP contribution is 2.35. The summed E-state index contributed by atoms with van der Waals surface area (Å²) in [5.74, 6) is -0.813. The number of amides is 2. The molecule has 0 spiro atoms. The zero-order valence-corrected chi connectivity index (χ0v) is 12.7. The van der Waals surface area contributed by atoms with Gasteiger partial charge in [-0.2, -0.15) is 0 Å². The number of urea groups is 1. The molecule has 2 unspecified atom stereocenters. The molecule has 0 aromatic rings. The number of carbonyl (C=O) groups excluding carboxylic acids is 1. The van der Waals surface area contributed by atoms with Crippen molar-refractivity contribution in [1.82, 2.24) is 10.2 Å². The Kier molecular flexibility index (Phi) is 3.98. The van der Waals surface area contributed by atoms with Crippen molar-refractivity contribution in [2.75, 3.05) is 13.1 Å². The van der Waals surface area contributed by atoms with E-state index in [1.165, 1.54) is 6.42 Å². The average Bonchev–Trinajstić information content (AvgIpc) is 2.72. The van der Waals surface area contributed by atoms with Crippen molar-refractivity contribution in [3.05, 3.63) is 0 Å². The highest BCUT2D eigenvalue weighted by molar-refractivity contribution is 5.79. The fourth-order valence-corrected chi connectivity index (χ4v) is 3.40. The van der Waals surface area contributed by atoms with Gasteiger partial charge in [-0.15, -0.1) is 0 Å². The molecule has 2 amide bonds. The SMILES string of the molecule is CC1(C)CCCC(NC(=O)N2CCC(C)(C(=O)O)C2)C1. The van der Waals surface area contributed by atoms with Gasteiger partial charge in [-0.25, -0.2) is 4.79 Å². The van der Waals surface area contributed by atoms with Crippen LogP contribution in [0.15, 0.2) is 0 Å². The number of rotatable bonds is 2. The number of likely N-dealkylation sites (tertiary alicyclic amines) is 1. The van der Waals surface area contributed by atoms with E-state index in [-0.39, 0.29) is 17.5 Å². The molecule has 1 saturated heterocycles. The van der Waals surface area contributed by atoms with Crippen LogP contribution in [0.25, 0.3) is 0 Å². The number of carboxylic acid groups (broad SMARTS) is 1. The van der Waals surface area contributed by atoms with Crippen molar-refractivity contribution < 1.29 is 14.7 Å². The summed E-state index contributed by atoms with van der Waals surface area (Å²) in [5, 5.41) is 12.3. The quantitative estimate of drug-likeness (QED) is 0.817. The number of nitrogens with zero attached hydrogens (tertiary/aromatic N) is 1. The summed E-state index contributed by atoms with van der Waals surface area (Å²) in [5.41, 5.74) is -0.500. The van der Waals surface area contributed by atoms with E-state index in [0.717, 1.165) is 19.3 Å². The molecule has 1 saturated carbocycles. The maximum atomic E-state index is 12.3. The summed E-state index contributed by atoms with van der Waals surface area (Å²) in [7, 11) is 0. The molecular weight excluding hydrogens is 256 g/mol. The number of carbonyl (C=O) groups is 2. The largest absolute Gasteiger partial charge is 0.481 e. The van der Waals surface area contributed by atoms with Crippen molar-refractivity contribution >= 4 is 12.0 Å². The second-order valence-electron chi connectivity index (χ2n) is 7.44. The van der Waals surface area contributed by atoms with Crippen LogP contribution in [-0.2, 0) is 4.79 Å². The fourth-order valence-electron chi connectivity index (χ4n) is 3.40. The van der Waals surface area contributed by atoms with Gasteiger partial charge in [0.15, 0.2) is 0 Å². The predicted molar refractivity (Wildman–Crippen MR) is 76.5 cm³/mol. The van der Waals surface area contributed by atoms with Gasteiger partial charge >= 0.3 is 12.0 Å². The Morgan fingerprint density at radius 2 is 1.95 bits per heavy atom. The molecule has 2 rings (SSSR count). The van der Waals surface area contributed by atoms with Crippen molar-refractivity contribution in [2.24, 2.45) is 10.8 Å². The Labute approximate surface area is 120 Å². The molecule has 2 atom stereocenters. The maximum absolute atomic E-state index is 12.3. The molecule has 0 aromatic heterocycles. The minimum atomic E-state index is -0.813. The summed E-state index contributed by atoms with van der Waals surface area (Å²) in [6.45, 7) is 7.03. The Bertz CT molecular complexity index is 408. The zero-order chi connectivity index (χ0) is 15.0. The molecule has 5 nitrogen and oxygen atoms in total. The van der Waals surface area contributed by atoms with Gasteiger partial charge in [0.25, 0.3) is 0 Å². The van der Waals surface area contributed by atoms with Gasteiger partial charge in [-0.1, -0.05) is 20.3 Å². The summed E-state index contributed by atoms with van der Waals surface area (Å²) in [6, 6.07) is 0.126. The molecule has 1 aliphatic heterocycles. The van der Waals surface area contributed by atoms with Crippen LogP contribution in [0, 0.1) is 10.8 Å². The summed E-state index contributed by atoms with van der Waals surface area (Å²) >= 11 is 0. The van der Waals surface area contributed by atoms with E-state index < -0.39 is 11.4 Å². The molecule has 20 heavy (non-hydrogen) atoms. The smallest absolute Gasteiger partial charge is 0.317 e. The predicted octanol–water partition coefficient (Wildman–Crippen LogP) is 2.46. The first-order valence-corrected chi connectivity index (χ1v) is 7.51. The number of hydrogen-bond donors (Lipinski definition) is 2. The van der Waals surface area contributed by atoms with Crippen molar-refractivity contribution in [1.29, 1.82) is 0 Å². The molecule has 0 radical (unpaired) electrons. The number of nitrogens with one attached hydrogen (secondary N) is 1. The third kappa shape index (κ3) is 3.25. The van der Waals surface area contributed by atoms with Crippen molar-refractivity contribution in [3.8, 4) is 0 Å². The normalized spacial score (nSPS) is 33.0. The van der Waals surface area contributed by atoms with Crippen molar-refractivity contribution in [2.45, 2.75) is 58.9 Å². The van der Waals surface area contributed by atoms with Crippen LogP contribution in [0.5, 0.6) is 0 Å². The van der Waals surface area contributed by atoms with Crippen LogP contribution in [0.2, 0.25) is 0 Å². The minimum Gasteiger partial charge on any atom is -0.481 e. The lowest BCUT2D eigenvalue weighted by Gasteiger charge is -2.36. The Morgan fingerprint density at radius 1 is 1.25 bits per heavy atom. The number of aliphatic carboxylic acids is 1. The number of hydrogen-bond acceptors (Lipinski definition) is 2. The standard InChI is InChI=1S/C15H26N2O3/c1-14(2)6-4-5-11(9-14)16-13(20)17-8-7-15(3,10-17)12(18)19/h11H,4-10H2,1-3H3,(H,16,20)(H,18,19). The highest BCUT2D eigenvalue weighted by Gasteiger charge is 2.42. The minimum absolute atomic E-state index is 0.0994. The van der Waals surface area contributed by atoms with Gasteiger partial charge in [-0.05, 0) is 38.0 Å². The molecule has 1 aliphatic carbocycles. The van der Waals surface area contributed by atoms with E-state index in [0.29, 0.717) is 19.5 Å². The topological polar surface area (TPSA) is 69.6 Å². The van der Waals surface area contributed by atoms with E-state index in [1.54, 1.807) is 11.8 Å². The van der Waals surface area contributed by atoms with E-state index in [1.807, 2.05) is 0 Å². The molecule has 5 heteroatoms. The fraction of sp³-hybridized carbons (Fsp3) is 0.867. The molecule has 0 bridgehead atoms. The Morgan fingerprint density at radius 3 is 2.50 bits per heavy atom. The van der Waals surface area contributed by atoms with E-state index in [9.17, 15) is 14.7 Å². The molecule has 1 heterocycles. The van der Waals surface area contributed by atoms with Gasteiger partial charge in [0.2, 0.25) is 0 Å². The Balaban J connectivity index is 1.89. The van der Waals surface area contributed by atoms with Gasteiger partial charge in [0, 0.05) is 19.1 Å². The van der Waals surface area contributed by atoms with E-state index >= 15 is 0 Å². The summed E-state index contributed by atoms with van der Waals surface area (Å²) in [6.07, 6.45) is 4.92. The van der Waals surface area contributed by atoms with E-state index in [4.69, 9.17) is 0 Å².